The number of anilines is 1. The standard InChI is InChI=1S/C13H11F3N2/c1-8-6-10(12(17)18-7-8)9-4-2-3-5-11(9)13(14,15)16/h2-7H,1H3,(H2,17,18). The van der Waals surface area contributed by atoms with E-state index in [1.54, 1.807) is 19.1 Å². The number of alkyl halides is 3. The lowest BCUT2D eigenvalue weighted by Gasteiger charge is -2.14. The molecule has 2 rings (SSSR count). The first kappa shape index (κ1) is 12.4. The van der Waals surface area contributed by atoms with Crippen LogP contribution < -0.4 is 5.73 Å². The molecule has 94 valence electrons. The molecular weight excluding hydrogens is 241 g/mol. The number of benzene rings is 1. The van der Waals surface area contributed by atoms with E-state index in [4.69, 9.17) is 5.73 Å². The highest BCUT2D eigenvalue weighted by Gasteiger charge is 2.33. The van der Waals surface area contributed by atoms with Gasteiger partial charge in [-0.3, -0.25) is 0 Å². The second-order valence-electron chi connectivity index (χ2n) is 3.99. The zero-order chi connectivity index (χ0) is 13.3. The summed E-state index contributed by atoms with van der Waals surface area (Å²) in [4.78, 5) is 3.89. The van der Waals surface area contributed by atoms with Gasteiger partial charge >= 0.3 is 6.18 Å². The van der Waals surface area contributed by atoms with E-state index in [-0.39, 0.29) is 11.4 Å². The third kappa shape index (κ3) is 2.30. The number of aryl methyl sites for hydroxylation is 1. The second-order valence-corrected chi connectivity index (χ2v) is 3.99. The molecule has 0 atom stereocenters. The molecule has 1 heterocycles. The third-order valence-electron chi connectivity index (χ3n) is 2.58. The molecule has 2 N–H and O–H groups in total. The minimum atomic E-state index is -4.41. The van der Waals surface area contributed by atoms with Gasteiger partial charge in [0.15, 0.2) is 0 Å². The number of hydrogen-bond donors (Lipinski definition) is 1. The van der Waals surface area contributed by atoms with Gasteiger partial charge in [0.2, 0.25) is 0 Å². The van der Waals surface area contributed by atoms with Gasteiger partial charge in [-0.15, -0.1) is 0 Å². The van der Waals surface area contributed by atoms with Crippen LogP contribution in [-0.4, -0.2) is 4.98 Å². The van der Waals surface area contributed by atoms with Gasteiger partial charge in [0.1, 0.15) is 5.82 Å². The lowest BCUT2D eigenvalue weighted by Crippen LogP contribution is -2.08. The van der Waals surface area contributed by atoms with Crippen molar-refractivity contribution in [1.29, 1.82) is 0 Å². The SMILES string of the molecule is Cc1cnc(N)c(-c2ccccc2C(F)(F)F)c1. The monoisotopic (exact) mass is 252 g/mol. The number of hydrogen-bond acceptors (Lipinski definition) is 2. The molecule has 0 aliphatic rings. The number of pyridine rings is 1. The normalized spacial score (nSPS) is 11.6. The summed E-state index contributed by atoms with van der Waals surface area (Å²) in [5, 5.41) is 0. The summed E-state index contributed by atoms with van der Waals surface area (Å²) >= 11 is 0. The topological polar surface area (TPSA) is 38.9 Å². The average molecular weight is 252 g/mol. The van der Waals surface area contributed by atoms with Gasteiger partial charge in [-0.1, -0.05) is 18.2 Å². The number of nitrogens with two attached hydrogens (primary N) is 1. The largest absolute Gasteiger partial charge is 0.417 e. The van der Waals surface area contributed by atoms with Crippen molar-refractivity contribution >= 4 is 5.82 Å². The first-order valence-electron chi connectivity index (χ1n) is 5.28. The Hall–Kier alpha value is -2.04. The predicted octanol–water partition coefficient (Wildman–Crippen LogP) is 3.66. The van der Waals surface area contributed by atoms with Crippen LogP contribution in [0.5, 0.6) is 0 Å². The van der Waals surface area contributed by atoms with E-state index >= 15 is 0 Å². The van der Waals surface area contributed by atoms with Crippen LogP contribution >= 0.6 is 0 Å². The summed E-state index contributed by atoms with van der Waals surface area (Å²) in [6.45, 7) is 1.76. The molecule has 0 aliphatic carbocycles. The van der Waals surface area contributed by atoms with Gasteiger partial charge in [-0.05, 0) is 30.2 Å². The van der Waals surface area contributed by atoms with Crippen molar-refractivity contribution in [1.82, 2.24) is 4.98 Å². The average Bonchev–Trinajstić information content (AvgIpc) is 2.31. The number of rotatable bonds is 1. The number of halogens is 3. The fourth-order valence-electron chi connectivity index (χ4n) is 1.76. The van der Waals surface area contributed by atoms with Crippen molar-refractivity contribution in [2.24, 2.45) is 0 Å². The van der Waals surface area contributed by atoms with E-state index in [1.165, 1.54) is 18.3 Å². The molecule has 0 radical (unpaired) electrons. The highest BCUT2D eigenvalue weighted by Crippen LogP contribution is 2.38. The van der Waals surface area contributed by atoms with E-state index in [2.05, 4.69) is 4.98 Å². The van der Waals surface area contributed by atoms with E-state index in [0.717, 1.165) is 11.6 Å². The first-order chi connectivity index (χ1) is 8.39. The molecule has 0 amide bonds. The Bertz CT molecular complexity index is 577. The molecule has 0 aliphatic heterocycles. The Morgan fingerprint density at radius 1 is 1.11 bits per heavy atom. The van der Waals surface area contributed by atoms with Gasteiger partial charge in [-0.25, -0.2) is 4.98 Å². The Labute approximate surface area is 102 Å². The fraction of sp³-hybridized carbons (Fsp3) is 0.154. The second kappa shape index (κ2) is 4.33. The van der Waals surface area contributed by atoms with Crippen LogP contribution in [0.2, 0.25) is 0 Å². The molecule has 1 aromatic heterocycles. The van der Waals surface area contributed by atoms with Gasteiger partial charge < -0.3 is 5.73 Å². The number of nitrogens with zero attached hydrogens (tertiary/aromatic N) is 1. The Morgan fingerprint density at radius 2 is 1.78 bits per heavy atom. The van der Waals surface area contributed by atoms with Gasteiger partial charge in [0, 0.05) is 11.8 Å². The van der Waals surface area contributed by atoms with Gasteiger partial charge in [0.05, 0.1) is 5.56 Å². The van der Waals surface area contributed by atoms with E-state index in [1.807, 2.05) is 0 Å². The fourth-order valence-corrected chi connectivity index (χ4v) is 1.76. The third-order valence-corrected chi connectivity index (χ3v) is 2.58. The van der Waals surface area contributed by atoms with Crippen LogP contribution in [0.15, 0.2) is 36.5 Å². The molecule has 0 saturated carbocycles. The summed E-state index contributed by atoms with van der Waals surface area (Å²) in [5.41, 5.74) is 6.07. The van der Waals surface area contributed by atoms with Crippen molar-refractivity contribution in [2.45, 2.75) is 13.1 Å². The van der Waals surface area contributed by atoms with Crippen molar-refractivity contribution in [3.63, 3.8) is 0 Å². The summed E-state index contributed by atoms with van der Waals surface area (Å²) in [7, 11) is 0. The van der Waals surface area contributed by atoms with Crippen molar-refractivity contribution < 1.29 is 13.2 Å². The molecule has 18 heavy (non-hydrogen) atoms. The number of aromatic nitrogens is 1. The van der Waals surface area contributed by atoms with Crippen LogP contribution in [0.25, 0.3) is 11.1 Å². The predicted molar refractivity (Wildman–Crippen MR) is 63.8 cm³/mol. The van der Waals surface area contributed by atoms with Gasteiger partial charge in [-0.2, -0.15) is 13.2 Å². The highest BCUT2D eigenvalue weighted by molar-refractivity contribution is 5.77. The molecule has 2 nitrogen and oxygen atoms in total. The minimum Gasteiger partial charge on any atom is -0.383 e. The Morgan fingerprint density at radius 3 is 2.44 bits per heavy atom. The zero-order valence-corrected chi connectivity index (χ0v) is 9.62. The summed E-state index contributed by atoms with van der Waals surface area (Å²) in [6.07, 6.45) is -2.89. The first-order valence-corrected chi connectivity index (χ1v) is 5.28. The van der Waals surface area contributed by atoms with E-state index in [9.17, 15) is 13.2 Å². The highest BCUT2D eigenvalue weighted by atomic mass is 19.4. The Balaban J connectivity index is 2.68. The lowest BCUT2D eigenvalue weighted by molar-refractivity contribution is -0.137. The van der Waals surface area contributed by atoms with E-state index < -0.39 is 11.7 Å². The Kier molecular flexibility index (Phi) is 2.98. The van der Waals surface area contributed by atoms with Gasteiger partial charge in [0.25, 0.3) is 0 Å². The minimum absolute atomic E-state index is 0.0544. The summed E-state index contributed by atoms with van der Waals surface area (Å²) < 4.78 is 38.7. The molecule has 0 fully saturated rings. The van der Waals surface area contributed by atoms with Crippen LogP contribution in [-0.2, 0) is 6.18 Å². The van der Waals surface area contributed by atoms with Crippen molar-refractivity contribution in [2.75, 3.05) is 5.73 Å². The quantitative estimate of drug-likeness (QED) is 0.841. The number of nitrogen functional groups attached to an aromatic ring is 1. The molecule has 5 heteroatoms. The maximum absolute atomic E-state index is 12.9. The van der Waals surface area contributed by atoms with Crippen molar-refractivity contribution in [3.05, 3.63) is 47.7 Å². The van der Waals surface area contributed by atoms with Crippen LogP contribution in [0.3, 0.4) is 0 Å². The maximum Gasteiger partial charge on any atom is 0.417 e. The molecule has 0 unspecified atom stereocenters. The smallest absolute Gasteiger partial charge is 0.383 e. The molecule has 0 saturated heterocycles. The molecular formula is C13H11F3N2. The molecule has 0 spiro atoms. The maximum atomic E-state index is 12.9. The molecule has 0 bridgehead atoms. The molecule has 1 aromatic carbocycles. The lowest BCUT2D eigenvalue weighted by atomic mass is 9.99. The molecule has 2 aromatic rings. The summed E-state index contributed by atoms with van der Waals surface area (Å²) in [5.74, 6) is 0.0947. The van der Waals surface area contributed by atoms with Crippen LogP contribution in [0.1, 0.15) is 11.1 Å². The van der Waals surface area contributed by atoms with Crippen molar-refractivity contribution in [3.8, 4) is 11.1 Å². The zero-order valence-electron chi connectivity index (χ0n) is 9.62. The van der Waals surface area contributed by atoms with E-state index in [0.29, 0.717) is 5.56 Å². The summed E-state index contributed by atoms with van der Waals surface area (Å²) in [6, 6.07) is 6.94. The van der Waals surface area contributed by atoms with Crippen LogP contribution in [0.4, 0.5) is 19.0 Å². The van der Waals surface area contributed by atoms with Crippen LogP contribution in [0, 0.1) is 6.92 Å².